The molecule has 1 aliphatic carbocycles. The molecular formula is C11H20N2S. The molecule has 0 bridgehead atoms. The third-order valence-corrected chi connectivity index (χ3v) is 3.90. The Kier molecular flexibility index (Phi) is 5.36. The fourth-order valence-electron chi connectivity index (χ4n) is 2.02. The number of rotatable bonds is 5. The van der Waals surface area contributed by atoms with E-state index in [-0.39, 0.29) is 5.92 Å². The number of hydrogen-bond acceptors (Lipinski definition) is 3. The van der Waals surface area contributed by atoms with E-state index in [4.69, 9.17) is 5.26 Å². The van der Waals surface area contributed by atoms with Gasteiger partial charge >= 0.3 is 0 Å². The van der Waals surface area contributed by atoms with Gasteiger partial charge in [-0.15, -0.1) is 0 Å². The lowest BCUT2D eigenvalue weighted by atomic mass is 10.1. The lowest BCUT2D eigenvalue weighted by Crippen LogP contribution is -2.39. The van der Waals surface area contributed by atoms with Gasteiger partial charge < -0.3 is 5.32 Å². The van der Waals surface area contributed by atoms with Crippen LogP contribution in [0.2, 0.25) is 0 Å². The maximum atomic E-state index is 8.93. The van der Waals surface area contributed by atoms with Crippen molar-refractivity contribution in [2.75, 3.05) is 11.5 Å². The summed E-state index contributed by atoms with van der Waals surface area (Å²) in [5.74, 6) is 2.59. The molecule has 0 aromatic carbocycles. The predicted molar refractivity (Wildman–Crippen MR) is 62.3 cm³/mol. The van der Waals surface area contributed by atoms with Gasteiger partial charge in [0.05, 0.1) is 12.0 Å². The molecule has 3 unspecified atom stereocenters. The van der Waals surface area contributed by atoms with Gasteiger partial charge in [-0.3, -0.25) is 0 Å². The van der Waals surface area contributed by atoms with E-state index in [0.717, 1.165) is 12.2 Å². The quantitative estimate of drug-likeness (QED) is 0.760. The van der Waals surface area contributed by atoms with Gasteiger partial charge in [0.1, 0.15) is 0 Å². The minimum absolute atomic E-state index is 0.254. The highest BCUT2D eigenvalue weighted by atomic mass is 32.2. The Morgan fingerprint density at radius 3 is 3.00 bits per heavy atom. The summed E-state index contributed by atoms with van der Waals surface area (Å²) in [6.07, 6.45) is 3.48. The smallest absolute Gasteiger partial charge is 0.0672 e. The zero-order valence-corrected chi connectivity index (χ0v) is 9.94. The Labute approximate surface area is 91.4 Å². The molecule has 1 rings (SSSR count). The molecule has 0 amide bonds. The number of hydrogen-bond donors (Lipinski definition) is 1. The Morgan fingerprint density at radius 2 is 2.36 bits per heavy atom. The molecule has 1 fully saturated rings. The first kappa shape index (κ1) is 11.9. The van der Waals surface area contributed by atoms with E-state index in [1.54, 1.807) is 0 Å². The van der Waals surface area contributed by atoms with E-state index in [1.165, 1.54) is 18.6 Å². The van der Waals surface area contributed by atoms with Crippen LogP contribution in [0.4, 0.5) is 0 Å². The first-order chi connectivity index (χ1) is 6.77. The molecule has 0 spiro atoms. The van der Waals surface area contributed by atoms with Crippen molar-refractivity contribution in [2.24, 2.45) is 5.92 Å². The summed E-state index contributed by atoms with van der Waals surface area (Å²) in [6.45, 7) is 4.40. The summed E-state index contributed by atoms with van der Waals surface area (Å²) < 4.78 is 0. The SMILES string of the molecule is CCSCC(C)NC1CCCC1C#N. The van der Waals surface area contributed by atoms with Crippen LogP contribution in [0, 0.1) is 17.2 Å². The van der Waals surface area contributed by atoms with Gasteiger partial charge in [0, 0.05) is 17.8 Å². The van der Waals surface area contributed by atoms with E-state index in [0.29, 0.717) is 12.1 Å². The molecule has 0 aliphatic heterocycles. The molecule has 14 heavy (non-hydrogen) atoms. The van der Waals surface area contributed by atoms with E-state index >= 15 is 0 Å². The standard InChI is InChI=1S/C11H20N2S/c1-3-14-8-9(2)13-11-6-4-5-10(11)7-12/h9-11,13H,3-6,8H2,1-2H3. The van der Waals surface area contributed by atoms with Crippen molar-refractivity contribution in [1.82, 2.24) is 5.32 Å². The van der Waals surface area contributed by atoms with Crippen LogP contribution in [-0.2, 0) is 0 Å². The zero-order chi connectivity index (χ0) is 10.4. The monoisotopic (exact) mass is 212 g/mol. The first-order valence-corrected chi connectivity index (χ1v) is 6.66. The van der Waals surface area contributed by atoms with Gasteiger partial charge in [0.2, 0.25) is 0 Å². The van der Waals surface area contributed by atoms with Crippen molar-refractivity contribution < 1.29 is 0 Å². The van der Waals surface area contributed by atoms with Crippen molar-refractivity contribution in [3.05, 3.63) is 0 Å². The van der Waals surface area contributed by atoms with Crippen molar-refractivity contribution in [3.63, 3.8) is 0 Å². The summed E-state index contributed by atoms with van der Waals surface area (Å²) in [5.41, 5.74) is 0. The molecule has 1 N–H and O–H groups in total. The van der Waals surface area contributed by atoms with Crippen molar-refractivity contribution in [1.29, 1.82) is 5.26 Å². The minimum atomic E-state index is 0.254. The maximum Gasteiger partial charge on any atom is 0.0672 e. The highest BCUT2D eigenvalue weighted by molar-refractivity contribution is 7.99. The number of thioether (sulfide) groups is 1. The number of nitrogens with one attached hydrogen (secondary N) is 1. The molecule has 0 heterocycles. The number of nitriles is 1. The molecule has 1 aliphatic rings. The fraction of sp³-hybridized carbons (Fsp3) is 0.909. The van der Waals surface area contributed by atoms with Crippen LogP contribution in [0.1, 0.15) is 33.1 Å². The molecule has 3 heteroatoms. The third kappa shape index (κ3) is 3.51. The maximum absolute atomic E-state index is 8.93. The van der Waals surface area contributed by atoms with E-state index in [2.05, 4.69) is 25.2 Å². The molecular weight excluding hydrogens is 192 g/mol. The lowest BCUT2D eigenvalue weighted by molar-refractivity contribution is 0.429. The molecule has 3 atom stereocenters. The molecule has 0 radical (unpaired) electrons. The Morgan fingerprint density at radius 1 is 1.57 bits per heavy atom. The summed E-state index contributed by atoms with van der Waals surface area (Å²) >= 11 is 1.96. The molecule has 0 saturated heterocycles. The van der Waals surface area contributed by atoms with Crippen LogP contribution in [0.5, 0.6) is 0 Å². The average Bonchev–Trinajstić information content (AvgIpc) is 2.62. The Bertz CT molecular complexity index is 200. The van der Waals surface area contributed by atoms with Gasteiger partial charge in [-0.1, -0.05) is 13.3 Å². The largest absolute Gasteiger partial charge is 0.309 e. The highest BCUT2D eigenvalue weighted by Crippen LogP contribution is 2.25. The first-order valence-electron chi connectivity index (χ1n) is 5.51. The van der Waals surface area contributed by atoms with Crippen molar-refractivity contribution >= 4 is 11.8 Å². The van der Waals surface area contributed by atoms with E-state index in [1.807, 2.05) is 11.8 Å². The van der Waals surface area contributed by atoms with Crippen LogP contribution in [-0.4, -0.2) is 23.6 Å². The van der Waals surface area contributed by atoms with Crippen molar-refractivity contribution in [2.45, 2.75) is 45.2 Å². The third-order valence-electron chi connectivity index (χ3n) is 2.75. The van der Waals surface area contributed by atoms with Crippen LogP contribution in [0.25, 0.3) is 0 Å². The second-order valence-corrected chi connectivity index (χ2v) is 5.32. The van der Waals surface area contributed by atoms with Gasteiger partial charge in [0.25, 0.3) is 0 Å². The molecule has 1 saturated carbocycles. The van der Waals surface area contributed by atoms with Crippen LogP contribution in [0.3, 0.4) is 0 Å². The molecule has 80 valence electrons. The van der Waals surface area contributed by atoms with Crippen molar-refractivity contribution in [3.8, 4) is 6.07 Å². The topological polar surface area (TPSA) is 35.8 Å². The van der Waals surface area contributed by atoms with Crippen LogP contribution < -0.4 is 5.32 Å². The summed E-state index contributed by atoms with van der Waals surface area (Å²) in [5, 5.41) is 12.5. The van der Waals surface area contributed by atoms with Gasteiger partial charge in [-0.05, 0) is 25.5 Å². The molecule has 0 aromatic heterocycles. The summed E-state index contributed by atoms with van der Waals surface area (Å²) in [4.78, 5) is 0. The molecule has 0 aromatic rings. The second-order valence-electron chi connectivity index (χ2n) is 4.00. The van der Waals surface area contributed by atoms with E-state index in [9.17, 15) is 0 Å². The van der Waals surface area contributed by atoms with Crippen LogP contribution in [0.15, 0.2) is 0 Å². The normalized spacial score (nSPS) is 28.6. The number of nitrogens with zero attached hydrogens (tertiary/aromatic N) is 1. The van der Waals surface area contributed by atoms with Gasteiger partial charge in [-0.25, -0.2) is 0 Å². The van der Waals surface area contributed by atoms with E-state index < -0.39 is 0 Å². The lowest BCUT2D eigenvalue weighted by Gasteiger charge is -2.21. The second kappa shape index (κ2) is 6.31. The predicted octanol–water partition coefficient (Wildman–Crippen LogP) is 2.41. The Hall–Kier alpha value is -0.200. The van der Waals surface area contributed by atoms with Gasteiger partial charge in [0.15, 0.2) is 0 Å². The zero-order valence-electron chi connectivity index (χ0n) is 9.12. The van der Waals surface area contributed by atoms with Gasteiger partial charge in [-0.2, -0.15) is 17.0 Å². The van der Waals surface area contributed by atoms with Crippen LogP contribution >= 0.6 is 11.8 Å². The Balaban J connectivity index is 2.25. The fourth-order valence-corrected chi connectivity index (χ4v) is 2.71. The summed E-state index contributed by atoms with van der Waals surface area (Å²) in [7, 11) is 0. The summed E-state index contributed by atoms with van der Waals surface area (Å²) in [6, 6.07) is 3.40. The highest BCUT2D eigenvalue weighted by Gasteiger charge is 2.27. The average molecular weight is 212 g/mol. The minimum Gasteiger partial charge on any atom is -0.309 e. The molecule has 2 nitrogen and oxygen atoms in total.